The Balaban J connectivity index is 5.35. The number of allylic oxidation sites excluding steroid dienone is 5. The van der Waals surface area contributed by atoms with E-state index in [0.717, 1.165) is 83.5 Å². The SMILES string of the molecule is CCCCC/C=C/C=C/CCCCCCCCC(=O)NC(COP(=O)([O-])OCC[N+](C)(C)C)C(/C=C/CCCCCCCCCCCC)OC(=O)CCCCCCCCCCCCCCCCC. The van der Waals surface area contributed by atoms with E-state index in [1.54, 1.807) is 0 Å². The highest BCUT2D eigenvalue weighted by atomic mass is 31.2. The van der Waals surface area contributed by atoms with E-state index in [0.29, 0.717) is 17.4 Å². The van der Waals surface area contributed by atoms with Crippen molar-refractivity contribution in [2.75, 3.05) is 40.9 Å². The fourth-order valence-corrected chi connectivity index (χ4v) is 9.06. The molecule has 0 heterocycles. The number of amides is 1. The largest absolute Gasteiger partial charge is 0.756 e. The zero-order valence-electron chi connectivity index (χ0n) is 45.6. The number of nitrogens with one attached hydrogen (secondary N) is 1. The minimum Gasteiger partial charge on any atom is -0.756 e. The number of phosphoric ester groups is 1. The van der Waals surface area contributed by atoms with Crippen LogP contribution in [-0.2, 0) is 27.9 Å². The van der Waals surface area contributed by atoms with Gasteiger partial charge in [0.15, 0.2) is 0 Å². The van der Waals surface area contributed by atoms with Gasteiger partial charge in [-0.2, -0.15) is 0 Å². The van der Waals surface area contributed by atoms with Gasteiger partial charge in [0.05, 0.1) is 33.8 Å². The molecule has 0 aliphatic heterocycles. The molecular formula is C58H111N2O7P. The summed E-state index contributed by atoms with van der Waals surface area (Å²) in [6, 6.07) is -0.889. The number of esters is 1. The summed E-state index contributed by atoms with van der Waals surface area (Å²) in [5.41, 5.74) is 0. The Morgan fingerprint density at radius 2 is 0.882 bits per heavy atom. The quantitative estimate of drug-likeness (QED) is 0.0161. The van der Waals surface area contributed by atoms with Gasteiger partial charge >= 0.3 is 5.97 Å². The topological polar surface area (TPSA) is 114 Å². The summed E-state index contributed by atoms with van der Waals surface area (Å²) < 4.78 is 30.2. The number of likely N-dealkylation sites (N-methyl/N-ethyl adjacent to an activating group) is 1. The van der Waals surface area contributed by atoms with E-state index in [1.807, 2.05) is 33.3 Å². The molecule has 10 heteroatoms. The number of rotatable bonds is 52. The van der Waals surface area contributed by atoms with Crippen LogP contribution in [0.25, 0.3) is 0 Å². The van der Waals surface area contributed by atoms with Crippen molar-refractivity contribution in [2.24, 2.45) is 0 Å². The second-order valence-corrected chi connectivity index (χ2v) is 22.2. The van der Waals surface area contributed by atoms with E-state index in [-0.39, 0.29) is 31.5 Å². The van der Waals surface area contributed by atoms with E-state index < -0.39 is 20.0 Å². The number of unbranched alkanes of at least 4 members (excludes halogenated alkanes) is 33. The molecule has 0 saturated carbocycles. The van der Waals surface area contributed by atoms with Crippen LogP contribution < -0.4 is 10.2 Å². The van der Waals surface area contributed by atoms with Crippen molar-refractivity contribution >= 4 is 19.7 Å². The number of carbonyl (C=O) groups excluding carboxylic acids is 2. The molecule has 0 radical (unpaired) electrons. The first kappa shape index (κ1) is 66.2. The van der Waals surface area contributed by atoms with Crippen molar-refractivity contribution in [1.29, 1.82) is 0 Å². The van der Waals surface area contributed by atoms with E-state index in [2.05, 4.69) is 50.4 Å². The summed E-state index contributed by atoms with van der Waals surface area (Å²) in [4.78, 5) is 39.8. The molecule has 1 amide bonds. The Morgan fingerprint density at radius 3 is 1.32 bits per heavy atom. The van der Waals surface area contributed by atoms with Crippen LogP contribution in [0.4, 0.5) is 0 Å². The van der Waals surface area contributed by atoms with Crippen molar-refractivity contribution in [3.8, 4) is 0 Å². The first-order valence-corrected chi connectivity index (χ1v) is 30.3. The van der Waals surface area contributed by atoms with Crippen molar-refractivity contribution in [3.63, 3.8) is 0 Å². The number of carbonyl (C=O) groups is 2. The predicted molar refractivity (Wildman–Crippen MR) is 289 cm³/mol. The van der Waals surface area contributed by atoms with E-state index >= 15 is 0 Å². The van der Waals surface area contributed by atoms with Gasteiger partial charge < -0.3 is 28.5 Å². The van der Waals surface area contributed by atoms with Crippen LogP contribution in [0.3, 0.4) is 0 Å². The van der Waals surface area contributed by atoms with Gasteiger partial charge in [-0.3, -0.25) is 14.2 Å². The summed E-state index contributed by atoms with van der Waals surface area (Å²) in [5, 5.41) is 3.02. The molecule has 9 nitrogen and oxygen atoms in total. The van der Waals surface area contributed by atoms with Gasteiger partial charge in [-0.15, -0.1) is 0 Å². The Hall–Kier alpha value is -1.77. The molecule has 0 fully saturated rings. The highest BCUT2D eigenvalue weighted by molar-refractivity contribution is 7.45. The Morgan fingerprint density at radius 1 is 0.515 bits per heavy atom. The lowest BCUT2D eigenvalue weighted by Crippen LogP contribution is -2.47. The molecule has 0 rings (SSSR count). The average molecular weight is 980 g/mol. The van der Waals surface area contributed by atoms with Gasteiger partial charge in [0.25, 0.3) is 7.82 Å². The predicted octanol–water partition coefficient (Wildman–Crippen LogP) is 16.5. The molecule has 0 spiro atoms. The number of hydrogen-bond donors (Lipinski definition) is 1. The summed E-state index contributed by atoms with van der Waals surface area (Å²) in [6.07, 6.45) is 56.7. The Kier molecular flexibility index (Phi) is 47.6. The third-order valence-electron chi connectivity index (χ3n) is 12.9. The number of phosphoric acid groups is 1. The lowest BCUT2D eigenvalue weighted by molar-refractivity contribution is -0.870. The van der Waals surface area contributed by atoms with Gasteiger partial charge in [0.2, 0.25) is 5.91 Å². The van der Waals surface area contributed by atoms with Crippen molar-refractivity contribution in [3.05, 3.63) is 36.5 Å². The minimum absolute atomic E-state index is 0.0228. The van der Waals surface area contributed by atoms with Gasteiger partial charge in [0, 0.05) is 12.8 Å². The van der Waals surface area contributed by atoms with E-state index in [1.165, 1.54) is 154 Å². The third-order valence-corrected chi connectivity index (χ3v) is 13.8. The second-order valence-electron chi connectivity index (χ2n) is 20.8. The van der Waals surface area contributed by atoms with Crippen molar-refractivity contribution in [1.82, 2.24) is 5.32 Å². The number of nitrogens with zero attached hydrogens (tertiary/aromatic N) is 1. The Labute approximate surface area is 421 Å². The molecule has 400 valence electrons. The molecular weight excluding hydrogens is 868 g/mol. The van der Waals surface area contributed by atoms with Gasteiger partial charge in [0.1, 0.15) is 19.3 Å². The molecule has 0 aliphatic rings. The molecule has 3 atom stereocenters. The third kappa shape index (κ3) is 49.2. The summed E-state index contributed by atoms with van der Waals surface area (Å²) >= 11 is 0. The molecule has 1 N–H and O–H groups in total. The minimum atomic E-state index is -4.69. The standard InChI is InChI=1S/C58H111N2O7P/c1-7-10-13-16-19-22-25-28-30-32-35-38-41-44-47-50-57(61)59-55(54-66-68(63,64)65-53-52-60(4,5)6)56(49-46-43-40-37-34-27-24-21-18-15-12-9-3)67-58(62)51-48-45-42-39-36-33-31-29-26-23-20-17-14-11-8-2/h19,22,25,28,46,49,55-56H,7-18,20-21,23-24,26-27,29-45,47-48,50-54H2,1-6H3,(H-,59,61,63,64)/b22-19+,28-25+,49-46+. The van der Waals surface area contributed by atoms with E-state index in [9.17, 15) is 19.0 Å². The molecule has 3 unspecified atom stereocenters. The summed E-state index contributed by atoms with van der Waals surface area (Å²) in [6.45, 7) is 6.82. The zero-order chi connectivity index (χ0) is 50.1. The van der Waals surface area contributed by atoms with Crippen LogP contribution >= 0.6 is 7.82 Å². The normalized spacial score (nSPS) is 14.0. The van der Waals surface area contributed by atoms with Gasteiger partial charge in [-0.1, -0.05) is 237 Å². The molecule has 0 aromatic heterocycles. The van der Waals surface area contributed by atoms with Crippen LogP contribution in [0.15, 0.2) is 36.5 Å². The van der Waals surface area contributed by atoms with Crippen LogP contribution in [-0.4, -0.2) is 69.4 Å². The lowest BCUT2D eigenvalue weighted by atomic mass is 10.0. The van der Waals surface area contributed by atoms with Crippen LogP contribution in [0, 0.1) is 0 Å². The number of hydrogen-bond acceptors (Lipinski definition) is 7. The fourth-order valence-electron chi connectivity index (χ4n) is 8.34. The maximum absolute atomic E-state index is 13.5. The van der Waals surface area contributed by atoms with E-state index in [4.69, 9.17) is 13.8 Å². The highest BCUT2D eigenvalue weighted by Gasteiger charge is 2.27. The molecule has 0 aromatic carbocycles. The average Bonchev–Trinajstić information content (AvgIpc) is 3.29. The maximum atomic E-state index is 13.5. The number of ether oxygens (including phenoxy) is 1. The lowest BCUT2D eigenvalue weighted by Gasteiger charge is -2.30. The smallest absolute Gasteiger partial charge is 0.306 e. The molecule has 0 bridgehead atoms. The van der Waals surface area contributed by atoms with Crippen LogP contribution in [0.1, 0.15) is 271 Å². The van der Waals surface area contributed by atoms with Crippen LogP contribution in [0.5, 0.6) is 0 Å². The monoisotopic (exact) mass is 979 g/mol. The second kappa shape index (κ2) is 48.8. The van der Waals surface area contributed by atoms with Crippen LogP contribution in [0.2, 0.25) is 0 Å². The van der Waals surface area contributed by atoms with Gasteiger partial charge in [-0.05, 0) is 57.4 Å². The first-order valence-electron chi connectivity index (χ1n) is 28.8. The van der Waals surface area contributed by atoms with Crippen molar-refractivity contribution in [2.45, 2.75) is 283 Å². The van der Waals surface area contributed by atoms with Gasteiger partial charge in [-0.25, -0.2) is 0 Å². The zero-order valence-corrected chi connectivity index (χ0v) is 46.5. The molecule has 0 aliphatic carbocycles. The Bertz CT molecular complexity index is 1270. The fraction of sp³-hybridized carbons (Fsp3) is 0.862. The highest BCUT2D eigenvalue weighted by Crippen LogP contribution is 2.38. The molecule has 0 saturated heterocycles. The summed E-state index contributed by atoms with van der Waals surface area (Å²) in [5.74, 6) is -0.545. The summed E-state index contributed by atoms with van der Waals surface area (Å²) in [7, 11) is 1.18. The number of quaternary nitrogens is 1. The van der Waals surface area contributed by atoms with Crippen molar-refractivity contribution < 1.29 is 37.3 Å². The molecule has 68 heavy (non-hydrogen) atoms. The first-order chi connectivity index (χ1) is 32.9. The molecule has 0 aromatic rings. The maximum Gasteiger partial charge on any atom is 0.306 e.